The molecule has 1 fully saturated rings. The molecule has 1 saturated heterocycles. The van der Waals surface area contributed by atoms with Crippen LogP contribution in [0.15, 0.2) is 0 Å². The van der Waals surface area contributed by atoms with E-state index in [1.807, 2.05) is 0 Å². The largest absolute Gasteiger partial charge is 0.385 e. The SMILES string of the molecule is CC1OCCC1(O)CNC(=O)C(N)CCS(C)(=O)=O. The van der Waals surface area contributed by atoms with E-state index >= 15 is 0 Å². The van der Waals surface area contributed by atoms with Crippen LogP contribution in [0.5, 0.6) is 0 Å². The van der Waals surface area contributed by atoms with Crippen LogP contribution in [0.4, 0.5) is 0 Å². The molecule has 0 radical (unpaired) electrons. The molecule has 0 aromatic carbocycles. The van der Waals surface area contributed by atoms with Crippen molar-refractivity contribution in [2.45, 2.75) is 37.5 Å². The van der Waals surface area contributed by atoms with Gasteiger partial charge in [0.15, 0.2) is 0 Å². The Bertz CT molecular complexity index is 425. The van der Waals surface area contributed by atoms with Crippen molar-refractivity contribution in [3.05, 3.63) is 0 Å². The topological polar surface area (TPSA) is 119 Å². The normalized spacial score (nSPS) is 29.2. The molecule has 0 aromatic heterocycles. The number of nitrogens with two attached hydrogens (primary N) is 1. The van der Waals surface area contributed by atoms with Crippen molar-refractivity contribution in [3.8, 4) is 0 Å². The highest BCUT2D eigenvalue weighted by Crippen LogP contribution is 2.24. The van der Waals surface area contributed by atoms with E-state index in [0.29, 0.717) is 13.0 Å². The third-order valence-corrected chi connectivity index (χ3v) is 4.34. The summed E-state index contributed by atoms with van der Waals surface area (Å²) in [5.41, 5.74) is 4.52. The Kier molecular flexibility index (Phi) is 5.31. The number of hydrogen-bond acceptors (Lipinski definition) is 6. The summed E-state index contributed by atoms with van der Waals surface area (Å²) in [7, 11) is -3.13. The highest BCUT2D eigenvalue weighted by Gasteiger charge is 2.39. The van der Waals surface area contributed by atoms with E-state index in [1.54, 1.807) is 6.92 Å². The average molecular weight is 294 g/mol. The van der Waals surface area contributed by atoms with Crippen LogP contribution in [0.1, 0.15) is 19.8 Å². The van der Waals surface area contributed by atoms with Gasteiger partial charge in [-0.15, -0.1) is 0 Å². The molecule has 1 amide bonds. The predicted octanol–water partition coefficient (Wildman–Crippen LogP) is -1.60. The minimum atomic E-state index is -3.13. The fourth-order valence-corrected chi connectivity index (χ4v) is 2.53. The number of rotatable bonds is 6. The van der Waals surface area contributed by atoms with Crippen molar-refractivity contribution < 1.29 is 23.1 Å². The molecule has 19 heavy (non-hydrogen) atoms. The number of nitrogens with one attached hydrogen (secondary N) is 1. The van der Waals surface area contributed by atoms with Crippen LogP contribution in [0, 0.1) is 0 Å². The molecule has 3 unspecified atom stereocenters. The Morgan fingerprint density at radius 1 is 1.63 bits per heavy atom. The molecule has 0 saturated carbocycles. The summed E-state index contributed by atoms with van der Waals surface area (Å²) in [6, 6.07) is -0.893. The lowest BCUT2D eigenvalue weighted by atomic mass is 9.96. The summed E-state index contributed by atoms with van der Waals surface area (Å²) in [5, 5.41) is 12.7. The van der Waals surface area contributed by atoms with Crippen molar-refractivity contribution in [1.29, 1.82) is 0 Å². The smallest absolute Gasteiger partial charge is 0.237 e. The monoisotopic (exact) mass is 294 g/mol. The van der Waals surface area contributed by atoms with Crippen molar-refractivity contribution in [3.63, 3.8) is 0 Å². The van der Waals surface area contributed by atoms with E-state index in [0.717, 1.165) is 6.26 Å². The maximum absolute atomic E-state index is 11.7. The van der Waals surface area contributed by atoms with Gasteiger partial charge in [-0.2, -0.15) is 0 Å². The summed E-state index contributed by atoms with van der Waals surface area (Å²) in [6.07, 6.45) is 1.26. The highest BCUT2D eigenvalue weighted by molar-refractivity contribution is 7.90. The first kappa shape index (κ1) is 16.4. The van der Waals surface area contributed by atoms with E-state index in [1.165, 1.54) is 0 Å². The highest BCUT2D eigenvalue weighted by atomic mass is 32.2. The van der Waals surface area contributed by atoms with Crippen LogP contribution in [0.25, 0.3) is 0 Å². The zero-order valence-corrected chi connectivity index (χ0v) is 12.1. The van der Waals surface area contributed by atoms with Crippen LogP contribution >= 0.6 is 0 Å². The maximum atomic E-state index is 11.7. The molecule has 1 aliphatic rings. The molecular weight excluding hydrogens is 272 g/mol. The fraction of sp³-hybridized carbons (Fsp3) is 0.909. The number of amides is 1. The number of sulfone groups is 1. The number of hydrogen-bond donors (Lipinski definition) is 3. The predicted molar refractivity (Wildman–Crippen MR) is 70.3 cm³/mol. The van der Waals surface area contributed by atoms with Crippen molar-refractivity contribution in [2.24, 2.45) is 5.73 Å². The Morgan fingerprint density at radius 3 is 2.74 bits per heavy atom. The first-order valence-electron chi connectivity index (χ1n) is 6.19. The van der Waals surface area contributed by atoms with E-state index < -0.39 is 27.4 Å². The average Bonchev–Trinajstić information content (AvgIpc) is 2.63. The van der Waals surface area contributed by atoms with E-state index in [9.17, 15) is 18.3 Å². The molecule has 1 heterocycles. The Hall–Kier alpha value is -0.700. The Labute approximate surface area is 113 Å². The minimum absolute atomic E-state index is 0.0551. The van der Waals surface area contributed by atoms with Gasteiger partial charge in [-0.3, -0.25) is 4.79 Å². The van der Waals surface area contributed by atoms with Crippen molar-refractivity contribution in [2.75, 3.05) is 25.2 Å². The molecule has 1 rings (SSSR count). The standard InChI is InChI=1S/C11H22N2O5S/c1-8-11(15,4-5-18-8)7-13-10(14)9(12)3-6-19(2,16)17/h8-9,15H,3-7,12H2,1-2H3,(H,13,14). The van der Waals surface area contributed by atoms with Crippen LogP contribution in [-0.2, 0) is 19.4 Å². The lowest BCUT2D eigenvalue weighted by Gasteiger charge is -2.26. The van der Waals surface area contributed by atoms with E-state index in [2.05, 4.69) is 5.32 Å². The van der Waals surface area contributed by atoms with Gasteiger partial charge in [-0.05, 0) is 13.3 Å². The zero-order chi connectivity index (χ0) is 14.7. The molecule has 0 bridgehead atoms. The first-order valence-corrected chi connectivity index (χ1v) is 8.25. The van der Waals surface area contributed by atoms with Gasteiger partial charge >= 0.3 is 0 Å². The van der Waals surface area contributed by atoms with E-state index in [-0.39, 0.29) is 24.8 Å². The van der Waals surface area contributed by atoms with E-state index in [4.69, 9.17) is 10.5 Å². The second-order valence-corrected chi connectivity index (χ2v) is 7.37. The number of ether oxygens (including phenoxy) is 1. The molecule has 0 spiro atoms. The summed E-state index contributed by atoms with van der Waals surface area (Å²) in [4.78, 5) is 11.7. The lowest BCUT2D eigenvalue weighted by molar-refractivity contribution is -0.124. The first-order chi connectivity index (χ1) is 8.64. The third-order valence-electron chi connectivity index (χ3n) is 3.36. The minimum Gasteiger partial charge on any atom is -0.385 e. The lowest BCUT2D eigenvalue weighted by Crippen LogP contribution is -2.51. The quantitative estimate of drug-likeness (QED) is 0.543. The molecule has 7 nitrogen and oxygen atoms in total. The van der Waals surface area contributed by atoms with Gasteiger partial charge in [0, 0.05) is 25.8 Å². The molecule has 1 aliphatic heterocycles. The number of carbonyl (C=O) groups is 1. The number of carbonyl (C=O) groups excluding carboxylic acids is 1. The zero-order valence-electron chi connectivity index (χ0n) is 11.3. The van der Waals surface area contributed by atoms with Gasteiger partial charge in [0.05, 0.1) is 17.9 Å². The van der Waals surface area contributed by atoms with Gasteiger partial charge < -0.3 is 20.9 Å². The van der Waals surface area contributed by atoms with Crippen molar-refractivity contribution in [1.82, 2.24) is 5.32 Å². The molecule has 0 aliphatic carbocycles. The molecule has 8 heteroatoms. The summed E-state index contributed by atoms with van der Waals surface area (Å²) >= 11 is 0. The van der Waals surface area contributed by atoms with Gasteiger partial charge in [0.1, 0.15) is 15.4 Å². The summed E-state index contributed by atoms with van der Waals surface area (Å²) in [6.45, 7) is 2.25. The second-order valence-electron chi connectivity index (χ2n) is 5.11. The van der Waals surface area contributed by atoms with Crippen LogP contribution < -0.4 is 11.1 Å². The molecule has 112 valence electrons. The van der Waals surface area contributed by atoms with Crippen LogP contribution in [0.2, 0.25) is 0 Å². The van der Waals surface area contributed by atoms with Gasteiger partial charge in [0.25, 0.3) is 0 Å². The Morgan fingerprint density at radius 2 is 2.26 bits per heavy atom. The molecule has 0 aromatic rings. The second kappa shape index (κ2) is 6.17. The summed E-state index contributed by atoms with van der Waals surface area (Å²) in [5.74, 6) is -0.595. The summed E-state index contributed by atoms with van der Waals surface area (Å²) < 4.78 is 27.2. The number of aliphatic hydroxyl groups is 1. The van der Waals surface area contributed by atoms with Gasteiger partial charge in [-0.1, -0.05) is 0 Å². The van der Waals surface area contributed by atoms with Gasteiger partial charge in [-0.25, -0.2) is 8.42 Å². The maximum Gasteiger partial charge on any atom is 0.237 e. The molecular formula is C11H22N2O5S. The molecule has 3 atom stereocenters. The van der Waals surface area contributed by atoms with Crippen LogP contribution in [-0.4, -0.2) is 62.3 Å². The fourth-order valence-electron chi connectivity index (χ4n) is 1.85. The Balaban J connectivity index is 2.38. The van der Waals surface area contributed by atoms with Crippen molar-refractivity contribution >= 4 is 15.7 Å². The molecule has 4 N–H and O–H groups in total. The van der Waals surface area contributed by atoms with Crippen LogP contribution in [0.3, 0.4) is 0 Å². The third kappa shape index (κ3) is 5.06. The van der Waals surface area contributed by atoms with Gasteiger partial charge in [0.2, 0.25) is 5.91 Å².